The summed E-state index contributed by atoms with van der Waals surface area (Å²) in [6.07, 6.45) is 14.9. The van der Waals surface area contributed by atoms with Crippen LogP contribution in [0.25, 0.3) is 0 Å². The van der Waals surface area contributed by atoms with E-state index < -0.39 is 0 Å². The number of likely N-dealkylation sites (N-methyl/N-ethyl adjacent to an activating group) is 1. The molecule has 1 unspecified atom stereocenters. The molecule has 1 N–H and O–H groups in total. The van der Waals surface area contributed by atoms with Crippen molar-refractivity contribution in [2.75, 3.05) is 13.6 Å². The van der Waals surface area contributed by atoms with E-state index in [9.17, 15) is 4.79 Å². The molecule has 1 aliphatic rings. The minimum atomic E-state index is 0.0945. The van der Waals surface area contributed by atoms with Gasteiger partial charge in [0, 0.05) is 19.6 Å². The minimum Gasteiger partial charge on any atom is -0.333 e. The first-order chi connectivity index (χ1) is 9.24. The molecule has 0 aromatic heterocycles. The maximum Gasteiger partial charge on any atom is 0.317 e. The summed E-state index contributed by atoms with van der Waals surface area (Å²) in [4.78, 5) is 13.1. The summed E-state index contributed by atoms with van der Waals surface area (Å²) in [6, 6.07) is 0.489. The lowest BCUT2D eigenvalue weighted by molar-refractivity contribution is 0.226. The Balaban J connectivity index is 1.80. The molecule has 1 aliphatic heterocycles. The molecule has 3 nitrogen and oxygen atoms in total. The van der Waals surface area contributed by atoms with Gasteiger partial charge in [0.05, 0.1) is 0 Å². The van der Waals surface area contributed by atoms with Crippen molar-refractivity contribution < 1.29 is 4.79 Å². The third kappa shape index (κ3) is 7.44. The SMILES string of the molecule is CCCCCCCCCCCCC1CN(C)C(=O)N1. The van der Waals surface area contributed by atoms with E-state index in [1.54, 1.807) is 4.90 Å². The summed E-state index contributed by atoms with van der Waals surface area (Å²) < 4.78 is 0. The third-order valence-corrected chi connectivity index (χ3v) is 4.07. The third-order valence-electron chi connectivity index (χ3n) is 4.07. The van der Waals surface area contributed by atoms with Crippen molar-refractivity contribution in [1.29, 1.82) is 0 Å². The Morgan fingerprint density at radius 2 is 1.53 bits per heavy atom. The van der Waals surface area contributed by atoms with E-state index in [4.69, 9.17) is 0 Å². The van der Waals surface area contributed by atoms with E-state index in [0.29, 0.717) is 6.04 Å². The molecule has 1 saturated heterocycles. The molecule has 0 spiro atoms. The first-order valence-electron chi connectivity index (χ1n) is 8.25. The average molecular weight is 268 g/mol. The Morgan fingerprint density at radius 1 is 1.00 bits per heavy atom. The number of carbonyl (C=O) groups is 1. The zero-order valence-electron chi connectivity index (χ0n) is 12.9. The number of carbonyl (C=O) groups excluding carboxylic acids is 1. The first kappa shape index (κ1) is 16.3. The maximum absolute atomic E-state index is 11.3. The second-order valence-corrected chi connectivity index (χ2v) is 6.00. The molecule has 1 atom stereocenters. The van der Waals surface area contributed by atoms with Gasteiger partial charge in [-0.25, -0.2) is 4.79 Å². The molecule has 1 fully saturated rings. The molecule has 3 heteroatoms. The van der Waals surface area contributed by atoms with Crippen LogP contribution >= 0.6 is 0 Å². The monoisotopic (exact) mass is 268 g/mol. The number of hydrogen-bond acceptors (Lipinski definition) is 1. The van der Waals surface area contributed by atoms with Crippen LogP contribution in [0.4, 0.5) is 4.79 Å². The second-order valence-electron chi connectivity index (χ2n) is 6.00. The van der Waals surface area contributed by atoms with Gasteiger partial charge in [-0.1, -0.05) is 71.1 Å². The van der Waals surface area contributed by atoms with Crippen LogP contribution < -0.4 is 5.32 Å². The molecule has 1 heterocycles. The number of amides is 2. The summed E-state index contributed by atoms with van der Waals surface area (Å²) in [7, 11) is 1.87. The number of unbranched alkanes of at least 4 members (excludes halogenated alkanes) is 9. The largest absolute Gasteiger partial charge is 0.333 e. The van der Waals surface area contributed by atoms with Crippen molar-refractivity contribution in [1.82, 2.24) is 10.2 Å². The van der Waals surface area contributed by atoms with E-state index in [2.05, 4.69) is 12.2 Å². The van der Waals surface area contributed by atoms with Crippen LogP contribution in [0.2, 0.25) is 0 Å². The van der Waals surface area contributed by atoms with E-state index in [0.717, 1.165) is 13.0 Å². The van der Waals surface area contributed by atoms with Gasteiger partial charge in [-0.3, -0.25) is 0 Å². The molecule has 2 amide bonds. The highest BCUT2D eigenvalue weighted by Gasteiger charge is 2.24. The standard InChI is InChI=1S/C16H32N2O/c1-3-4-5-6-7-8-9-10-11-12-13-15-14-18(2)16(19)17-15/h15H,3-14H2,1-2H3,(H,17,19). The van der Waals surface area contributed by atoms with Gasteiger partial charge in [-0.2, -0.15) is 0 Å². The lowest BCUT2D eigenvalue weighted by Crippen LogP contribution is -2.26. The molecule has 112 valence electrons. The fourth-order valence-corrected chi connectivity index (χ4v) is 2.79. The highest BCUT2D eigenvalue weighted by Crippen LogP contribution is 2.13. The molecular weight excluding hydrogens is 236 g/mol. The van der Waals surface area contributed by atoms with Gasteiger partial charge in [0.15, 0.2) is 0 Å². The second kappa shape index (κ2) is 10.1. The number of hydrogen-bond donors (Lipinski definition) is 1. The zero-order valence-corrected chi connectivity index (χ0v) is 12.9. The average Bonchev–Trinajstić information content (AvgIpc) is 2.71. The first-order valence-corrected chi connectivity index (χ1v) is 8.25. The Kier molecular flexibility index (Phi) is 8.68. The number of nitrogens with zero attached hydrogens (tertiary/aromatic N) is 1. The van der Waals surface area contributed by atoms with E-state index in [-0.39, 0.29) is 6.03 Å². The molecule has 0 radical (unpaired) electrons. The quantitative estimate of drug-likeness (QED) is 0.556. The lowest BCUT2D eigenvalue weighted by atomic mass is 10.0. The highest BCUT2D eigenvalue weighted by atomic mass is 16.2. The predicted octanol–water partition coefficient (Wildman–Crippen LogP) is 4.32. The smallest absolute Gasteiger partial charge is 0.317 e. The van der Waals surface area contributed by atoms with Crippen LogP contribution in [0.1, 0.15) is 77.6 Å². The highest BCUT2D eigenvalue weighted by molar-refractivity contribution is 5.76. The Bertz CT molecular complexity index is 243. The number of nitrogens with one attached hydrogen (secondary N) is 1. The van der Waals surface area contributed by atoms with Gasteiger partial charge in [-0.15, -0.1) is 0 Å². The Labute approximate surface area is 119 Å². The Hall–Kier alpha value is -0.730. The van der Waals surface area contributed by atoms with Crippen LogP contribution in [0.15, 0.2) is 0 Å². The van der Waals surface area contributed by atoms with Crippen molar-refractivity contribution in [3.05, 3.63) is 0 Å². The van der Waals surface area contributed by atoms with Crippen LogP contribution in [-0.2, 0) is 0 Å². The van der Waals surface area contributed by atoms with Gasteiger partial charge in [0.2, 0.25) is 0 Å². The van der Waals surface area contributed by atoms with Crippen molar-refractivity contribution in [2.45, 2.75) is 83.6 Å². The molecule has 0 aromatic carbocycles. The Morgan fingerprint density at radius 3 is 2.00 bits per heavy atom. The molecule has 0 saturated carbocycles. The van der Waals surface area contributed by atoms with E-state index >= 15 is 0 Å². The maximum atomic E-state index is 11.3. The lowest BCUT2D eigenvalue weighted by Gasteiger charge is -2.08. The molecule has 0 bridgehead atoms. The summed E-state index contributed by atoms with van der Waals surface area (Å²) in [5, 5.41) is 3.02. The van der Waals surface area contributed by atoms with Crippen LogP contribution in [0, 0.1) is 0 Å². The summed E-state index contributed by atoms with van der Waals surface area (Å²) in [6.45, 7) is 3.15. The fourth-order valence-electron chi connectivity index (χ4n) is 2.79. The molecule has 0 aliphatic carbocycles. The van der Waals surface area contributed by atoms with Gasteiger partial charge < -0.3 is 10.2 Å². The molecular formula is C16H32N2O. The number of rotatable bonds is 11. The number of urea groups is 1. The van der Waals surface area contributed by atoms with E-state index in [1.165, 1.54) is 64.2 Å². The molecule has 1 rings (SSSR count). The van der Waals surface area contributed by atoms with Crippen molar-refractivity contribution >= 4 is 6.03 Å². The summed E-state index contributed by atoms with van der Waals surface area (Å²) >= 11 is 0. The van der Waals surface area contributed by atoms with Gasteiger partial charge in [0.25, 0.3) is 0 Å². The normalized spacial score (nSPS) is 18.9. The van der Waals surface area contributed by atoms with Crippen LogP contribution in [-0.4, -0.2) is 30.6 Å². The molecule has 19 heavy (non-hydrogen) atoms. The van der Waals surface area contributed by atoms with Gasteiger partial charge >= 0.3 is 6.03 Å². The van der Waals surface area contributed by atoms with Gasteiger partial charge in [0.1, 0.15) is 0 Å². The summed E-state index contributed by atoms with van der Waals surface area (Å²) in [5.74, 6) is 0. The summed E-state index contributed by atoms with van der Waals surface area (Å²) in [5.41, 5.74) is 0. The van der Waals surface area contributed by atoms with Crippen molar-refractivity contribution in [3.63, 3.8) is 0 Å². The fraction of sp³-hybridized carbons (Fsp3) is 0.938. The van der Waals surface area contributed by atoms with Crippen LogP contribution in [0.3, 0.4) is 0 Å². The zero-order chi connectivity index (χ0) is 13.9. The van der Waals surface area contributed by atoms with E-state index in [1.807, 2.05) is 7.05 Å². The topological polar surface area (TPSA) is 32.3 Å². The minimum absolute atomic E-state index is 0.0945. The van der Waals surface area contributed by atoms with Crippen LogP contribution in [0.5, 0.6) is 0 Å². The van der Waals surface area contributed by atoms with Gasteiger partial charge in [-0.05, 0) is 6.42 Å². The van der Waals surface area contributed by atoms with Crippen molar-refractivity contribution in [2.24, 2.45) is 0 Å². The molecule has 0 aromatic rings. The predicted molar refractivity (Wildman–Crippen MR) is 81.4 cm³/mol. The van der Waals surface area contributed by atoms with Crippen molar-refractivity contribution in [3.8, 4) is 0 Å².